The van der Waals surface area contributed by atoms with Gasteiger partial charge in [-0.1, -0.05) is 23.2 Å². The van der Waals surface area contributed by atoms with Crippen LogP contribution in [-0.2, 0) is 11.3 Å². The first-order valence-electron chi connectivity index (χ1n) is 9.78. The Labute approximate surface area is 184 Å². The molecule has 30 heavy (non-hydrogen) atoms. The molecule has 1 aromatic carbocycles. The molecule has 1 fully saturated rings. The first-order valence-corrected chi connectivity index (χ1v) is 10.5. The van der Waals surface area contributed by atoms with Crippen molar-refractivity contribution in [1.82, 2.24) is 19.3 Å². The van der Waals surface area contributed by atoms with Crippen molar-refractivity contribution in [1.29, 1.82) is 0 Å². The minimum atomic E-state index is -0.125. The lowest BCUT2D eigenvalue weighted by molar-refractivity contribution is 0.0625. The smallest absolute Gasteiger partial charge is 0.274 e. The number of hydrogen-bond donors (Lipinski definition) is 1. The molecule has 0 unspecified atom stereocenters. The van der Waals surface area contributed by atoms with E-state index in [9.17, 15) is 4.79 Å². The second-order valence-electron chi connectivity index (χ2n) is 7.40. The van der Waals surface area contributed by atoms with Gasteiger partial charge in [0, 0.05) is 48.2 Å². The summed E-state index contributed by atoms with van der Waals surface area (Å²) in [5.41, 5.74) is 9.49. The molecule has 4 rings (SSSR count). The van der Waals surface area contributed by atoms with Crippen LogP contribution in [0.1, 0.15) is 34.6 Å². The average Bonchev–Trinajstić information content (AvgIpc) is 3.34. The molecular formula is C21H23Cl2N5O2. The summed E-state index contributed by atoms with van der Waals surface area (Å²) in [4.78, 5) is 24.1. The number of fused-ring (bicyclic) bond motifs is 1. The van der Waals surface area contributed by atoms with Gasteiger partial charge in [0.05, 0.1) is 23.4 Å². The van der Waals surface area contributed by atoms with Gasteiger partial charge in [-0.05, 0) is 38.0 Å². The van der Waals surface area contributed by atoms with Crippen LogP contribution in [0.2, 0.25) is 10.0 Å². The maximum atomic E-state index is 13.2. The minimum absolute atomic E-state index is 0.0618. The highest BCUT2D eigenvalue weighted by atomic mass is 35.5. The number of hydrogen-bond acceptors (Lipinski definition) is 5. The number of aryl methyl sites for hydroxylation is 1. The normalized spacial score (nSPS) is 16.6. The van der Waals surface area contributed by atoms with Crippen LogP contribution < -0.4 is 5.73 Å². The molecule has 0 saturated carbocycles. The third kappa shape index (κ3) is 3.67. The van der Waals surface area contributed by atoms with Gasteiger partial charge in [-0.2, -0.15) is 0 Å². The molecule has 0 radical (unpaired) electrons. The predicted molar refractivity (Wildman–Crippen MR) is 117 cm³/mol. The number of imidazole rings is 1. The predicted octanol–water partition coefficient (Wildman–Crippen LogP) is 3.72. The lowest BCUT2D eigenvalue weighted by Gasteiger charge is -2.23. The topological polar surface area (TPSA) is 85.8 Å². The van der Waals surface area contributed by atoms with Crippen LogP contribution in [-0.4, -0.2) is 51.5 Å². The van der Waals surface area contributed by atoms with E-state index in [4.69, 9.17) is 33.7 Å². The van der Waals surface area contributed by atoms with Gasteiger partial charge < -0.3 is 15.4 Å². The zero-order valence-corrected chi connectivity index (χ0v) is 18.4. The fraction of sp³-hybridized carbons (Fsp3) is 0.381. The van der Waals surface area contributed by atoms with E-state index in [1.165, 1.54) is 0 Å². The summed E-state index contributed by atoms with van der Waals surface area (Å²) in [6, 6.07) is 5.36. The van der Waals surface area contributed by atoms with Crippen LogP contribution in [0.4, 0.5) is 0 Å². The molecule has 3 aromatic rings. The Balaban J connectivity index is 1.86. The number of benzene rings is 1. The quantitative estimate of drug-likeness (QED) is 0.643. The van der Waals surface area contributed by atoms with E-state index in [0.717, 1.165) is 35.4 Å². The van der Waals surface area contributed by atoms with Crippen LogP contribution in [0.3, 0.4) is 0 Å². The van der Waals surface area contributed by atoms with Crippen molar-refractivity contribution in [3.05, 3.63) is 51.4 Å². The fourth-order valence-electron chi connectivity index (χ4n) is 4.09. The van der Waals surface area contributed by atoms with Gasteiger partial charge in [-0.25, -0.2) is 9.97 Å². The summed E-state index contributed by atoms with van der Waals surface area (Å²) in [6.45, 7) is 3.35. The first kappa shape index (κ1) is 21.1. The number of ether oxygens (including phenoxy) is 1. The highest BCUT2D eigenvalue weighted by molar-refractivity contribution is 6.36. The van der Waals surface area contributed by atoms with Gasteiger partial charge in [-0.3, -0.25) is 9.20 Å². The SMILES string of the molecule is COC[C@@H]1CCCN1C(=O)c1cn2c(-c3ccc(Cl)cc3Cl)c(CN)c(C)nc2n1. The van der Waals surface area contributed by atoms with Crippen molar-refractivity contribution in [2.75, 3.05) is 20.3 Å². The van der Waals surface area contributed by atoms with E-state index in [2.05, 4.69) is 9.97 Å². The molecule has 3 heterocycles. The third-order valence-electron chi connectivity index (χ3n) is 5.53. The van der Waals surface area contributed by atoms with Crippen LogP contribution in [0.5, 0.6) is 0 Å². The van der Waals surface area contributed by atoms with Gasteiger partial charge >= 0.3 is 0 Å². The maximum Gasteiger partial charge on any atom is 0.274 e. The Hall–Kier alpha value is -2.19. The summed E-state index contributed by atoms with van der Waals surface area (Å²) in [5.74, 6) is 0.303. The van der Waals surface area contributed by atoms with E-state index in [0.29, 0.717) is 34.7 Å². The van der Waals surface area contributed by atoms with Crippen LogP contribution in [0, 0.1) is 6.92 Å². The number of halogens is 2. The molecule has 2 N–H and O–H groups in total. The minimum Gasteiger partial charge on any atom is -0.383 e. The zero-order valence-electron chi connectivity index (χ0n) is 16.9. The van der Waals surface area contributed by atoms with Gasteiger partial charge in [0.15, 0.2) is 0 Å². The van der Waals surface area contributed by atoms with Crippen LogP contribution >= 0.6 is 23.2 Å². The van der Waals surface area contributed by atoms with E-state index in [-0.39, 0.29) is 18.5 Å². The highest BCUT2D eigenvalue weighted by Crippen LogP contribution is 2.34. The molecule has 1 atom stereocenters. The standard InChI is InChI=1S/C21H23Cl2N5O2/c1-12-16(9-24)19(15-6-5-13(22)8-17(15)23)28-10-18(26-21(28)25-12)20(29)27-7-3-4-14(27)11-30-2/h5-6,8,10,14H,3-4,7,9,11,24H2,1-2H3/t14-/m0/s1. The van der Waals surface area contributed by atoms with Gasteiger partial charge in [0.1, 0.15) is 5.69 Å². The Kier molecular flexibility index (Phi) is 5.97. The lowest BCUT2D eigenvalue weighted by atomic mass is 10.0. The van der Waals surface area contributed by atoms with Gasteiger partial charge in [0.25, 0.3) is 5.91 Å². The number of aromatic nitrogens is 3. The summed E-state index contributed by atoms with van der Waals surface area (Å²) >= 11 is 12.6. The van der Waals surface area contributed by atoms with Crippen molar-refractivity contribution in [3.63, 3.8) is 0 Å². The second-order valence-corrected chi connectivity index (χ2v) is 8.24. The van der Waals surface area contributed by atoms with E-state index in [1.807, 2.05) is 17.9 Å². The van der Waals surface area contributed by atoms with Crippen molar-refractivity contribution < 1.29 is 9.53 Å². The number of nitrogens with two attached hydrogens (primary N) is 1. The summed E-state index contributed by atoms with van der Waals surface area (Å²) in [6.07, 6.45) is 3.59. The Morgan fingerprint density at radius 3 is 2.83 bits per heavy atom. The fourth-order valence-corrected chi connectivity index (χ4v) is 4.58. The van der Waals surface area contributed by atoms with Gasteiger partial charge in [0.2, 0.25) is 5.78 Å². The van der Waals surface area contributed by atoms with Crippen molar-refractivity contribution in [3.8, 4) is 11.3 Å². The Morgan fingerprint density at radius 1 is 1.33 bits per heavy atom. The summed E-state index contributed by atoms with van der Waals surface area (Å²) in [5, 5.41) is 1.03. The molecular weight excluding hydrogens is 425 g/mol. The number of carbonyl (C=O) groups excluding carboxylic acids is 1. The molecule has 1 aliphatic heterocycles. The molecule has 1 amide bonds. The Bertz CT molecular complexity index is 1110. The molecule has 9 heteroatoms. The number of rotatable bonds is 5. The van der Waals surface area contributed by atoms with Crippen LogP contribution in [0.25, 0.3) is 17.0 Å². The van der Waals surface area contributed by atoms with E-state index < -0.39 is 0 Å². The highest BCUT2D eigenvalue weighted by Gasteiger charge is 2.31. The number of amides is 1. The zero-order chi connectivity index (χ0) is 21.4. The number of nitrogens with zero attached hydrogens (tertiary/aromatic N) is 4. The molecule has 158 valence electrons. The van der Waals surface area contributed by atoms with E-state index >= 15 is 0 Å². The van der Waals surface area contributed by atoms with E-state index in [1.54, 1.807) is 29.8 Å². The van der Waals surface area contributed by atoms with Gasteiger partial charge in [-0.15, -0.1) is 0 Å². The summed E-state index contributed by atoms with van der Waals surface area (Å²) in [7, 11) is 1.65. The monoisotopic (exact) mass is 447 g/mol. The largest absolute Gasteiger partial charge is 0.383 e. The van der Waals surface area contributed by atoms with Crippen LogP contribution in [0.15, 0.2) is 24.4 Å². The first-order chi connectivity index (χ1) is 14.4. The third-order valence-corrected chi connectivity index (χ3v) is 6.07. The molecule has 1 aliphatic rings. The second kappa shape index (κ2) is 8.51. The molecule has 0 bridgehead atoms. The lowest BCUT2D eigenvalue weighted by Crippen LogP contribution is -2.38. The van der Waals surface area contributed by atoms with Crippen molar-refractivity contribution >= 4 is 34.9 Å². The van der Waals surface area contributed by atoms with Crippen molar-refractivity contribution in [2.45, 2.75) is 32.4 Å². The maximum absolute atomic E-state index is 13.2. The molecule has 2 aromatic heterocycles. The number of carbonyl (C=O) groups is 1. The average molecular weight is 448 g/mol. The number of likely N-dealkylation sites (tertiary alicyclic amines) is 1. The summed E-state index contributed by atoms with van der Waals surface area (Å²) < 4.78 is 7.07. The Morgan fingerprint density at radius 2 is 2.13 bits per heavy atom. The molecule has 1 saturated heterocycles. The number of methoxy groups -OCH3 is 1. The molecule has 7 nitrogen and oxygen atoms in total. The molecule has 0 aliphatic carbocycles. The molecule has 0 spiro atoms. The van der Waals surface area contributed by atoms with Crippen molar-refractivity contribution in [2.24, 2.45) is 5.73 Å².